The molecule has 5 heteroatoms. The Balaban J connectivity index is 3.96. The molecule has 0 fully saturated rings. The van der Waals surface area contributed by atoms with E-state index in [9.17, 15) is 9.90 Å². The van der Waals surface area contributed by atoms with Gasteiger partial charge in [-0.1, -0.05) is 90.9 Å². The lowest BCUT2D eigenvalue weighted by atomic mass is 10.1. The zero-order valence-electron chi connectivity index (χ0n) is 19.9. The molecule has 0 aromatic rings. The molecule has 0 saturated heterocycles. The van der Waals surface area contributed by atoms with E-state index < -0.39 is 6.10 Å². The topological polar surface area (TPSA) is 76.0 Å². The van der Waals surface area contributed by atoms with E-state index >= 15 is 0 Å². The van der Waals surface area contributed by atoms with Crippen LogP contribution >= 0.6 is 0 Å². The number of carbonyl (C=O) groups is 1. The minimum absolute atomic E-state index is 0.0908. The standard InChI is InChI=1S/C25H50O5/c1-3-5-7-9-10-11-12-14-16-18-25(28)30-24(17-15-13-8-6-4-2)19-20-29-22-23(27)21-26/h23-24,26-27H,3-22H2,1-2H3/t23?,24-/m1/s1. The summed E-state index contributed by atoms with van der Waals surface area (Å²) in [6.07, 6.45) is 18.2. The molecule has 0 radical (unpaired) electrons. The van der Waals surface area contributed by atoms with Gasteiger partial charge in [-0.2, -0.15) is 0 Å². The van der Waals surface area contributed by atoms with Gasteiger partial charge in [0.05, 0.1) is 19.8 Å². The molecular weight excluding hydrogens is 380 g/mol. The van der Waals surface area contributed by atoms with Gasteiger partial charge in [-0.05, 0) is 19.3 Å². The number of esters is 1. The van der Waals surface area contributed by atoms with Crippen LogP contribution in [0.2, 0.25) is 0 Å². The summed E-state index contributed by atoms with van der Waals surface area (Å²) < 4.78 is 11.1. The summed E-state index contributed by atoms with van der Waals surface area (Å²) >= 11 is 0. The number of carbonyl (C=O) groups excluding carboxylic acids is 1. The smallest absolute Gasteiger partial charge is 0.306 e. The zero-order valence-corrected chi connectivity index (χ0v) is 19.9. The summed E-state index contributed by atoms with van der Waals surface area (Å²) in [4.78, 5) is 12.2. The molecule has 0 amide bonds. The molecule has 0 aromatic heterocycles. The lowest BCUT2D eigenvalue weighted by Crippen LogP contribution is -2.23. The monoisotopic (exact) mass is 430 g/mol. The average molecular weight is 431 g/mol. The Morgan fingerprint density at radius 2 is 1.30 bits per heavy atom. The predicted molar refractivity (Wildman–Crippen MR) is 124 cm³/mol. The molecule has 0 heterocycles. The molecule has 0 rings (SSSR count). The van der Waals surface area contributed by atoms with E-state index in [-0.39, 0.29) is 25.3 Å². The van der Waals surface area contributed by atoms with Crippen LogP contribution in [0.15, 0.2) is 0 Å². The van der Waals surface area contributed by atoms with E-state index in [2.05, 4.69) is 13.8 Å². The lowest BCUT2D eigenvalue weighted by molar-refractivity contribution is -0.150. The van der Waals surface area contributed by atoms with Gasteiger partial charge < -0.3 is 19.7 Å². The molecule has 180 valence electrons. The fourth-order valence-corrected chi connectivity index (χ4v) is 3.55. The molecule has 2 atom stereocenters. The Kier molecular flexibility index (Phi) is 22.5. The second-order valence-corrected chi connectivity index (χ2v) is 8.59. The van der Waals surface area contributed by atoms with Gasteiger partial charge in [-0.25, -0.2) is 0 Å². The van der Waals surface area contributed by atoms with Crippen molar-refractivity contribution in [1.29, 1.82) is 0 Å². The van der Waals surface area contributed by atoms with Gasteiger partial charge in [-0.3, -0.25) is 4.79 Å². The quantitative estimate of drug-likeness (QED) is 0.155. The predicted octanol–water partition coefficient (Wildman–Crippen LogP) is 5.94. The molecule has 0 aliphatic heterocycles. The average Bonchev–Trinajstić information content (AvgIpc) is 2.74. The van der Waals surface area contributed by atoms with Crippen molar-refractivity contribution in [3.8, 4) is 0 Å². The lowest BCUT2D eigenvalue weighted by Gasteiger charge is -2.18. The van der Waals surface area contributed by atoms with Crippen LogP contribution < -0.4 is 0 Å². The van der Waals surface area contributed by atoms with Crippen LogP contribution in [-0.2, 0) is 14.3 Å². The minimum atomic E-state index is -0.841. The van der Waals surface area contributed by atoms with E-state index in [1.54, 1.807) is 0 Å². The number of ether oxygens (including phenoxy) is 2. The molecule has 0 aliphatic rings. The first-order chi connectivity index (χ1) is 14.6. The van der Waals surface area contributed by atoms with E-state index in [0.717, 1.165) is 25.7 Å². The summed E-state index contributed by atoms with van der Waals surface area (Å²) in [5.41, 5.74) is 0. The van der Waals surface area contributed by atoms with Gasteiger partial charge in [0.2, 0.25) is 0 Å². The Hall–Kier alpha value is -0.650. The third kappa shape index (κ3) is 20.6. The number of rotatable bonds is 23. The van der Waals surface area contributed by atoms with E-state index in [0.29, 0.717) is 19.4 Å². The third-order valence-electron chi connectivity index (χ3n) is 5.52. The SMILES string of the molecule is CCCCCCCCCCCC(=O)O[C@H](CCCCCCC)CCOCC(O)CO. The van der Waals surface area contributed by atoms with Crippen molar-refractivity contribution >= 4 is 5.97 Å². The summed E-state index contributed by atoms with van der Waals surface area (Å²) in [7, 11) is 0. The summed E-state index contributed by atoms with van der Waals surface area (Å²) in [6, 6.07) is 0. The molecule has 0 bridgehead atoms. The maximum absolute atomic E-state index is 12.2. The fourth-order valence-electron chi connectivity index (χ4n) is 3.55. The van der Waals surface area contributed by atoms with Crippen LogP contribution in [0.5, 0.6) is 0 Å². The highest BCUT2D eigenvalue weighted by Gasteiger charge is 2.15. The van der Waals surface area contributed by atoms with Crippen molar-refractivity contribution in [2.45, 2.75) is 135 Å². The summed E-state index contributed by atoms with van der Waals surface area (Å²) in [5, 5.41) is 18.2. The summed E-state index contributed by atoms with van der Waals surface area (Å²) in [6.45, 7) is 4.70. The van der Waals surface area contributed by atoms with Crippen molar-refractivity contribution in [3.63, 3.8) is 0 Å². The maximum atomic E-state index is 12.2. The number of unbranched alkanes of at least 4 members (excludes halogenated alkanes) is 12. The van der Waals surface area contributed by atoms with E-state index in [4.69, 9.17) is 14.6 Å². The zero-order chi connectivity index (χ0) is 22.3. The largest absolute Gasteiger partial charge is 0.462 e. The van der Waals surface area contributed by atoms with Gasteiger partial charge in [0, 0.05) is 12.8 Å². The molecule has 0 spiro atoms. The molecule has 1 unspecified atom stereocenters. The van der Waals surface area contributed by atoms with Gasteiger partial charge in [0.15, 0.2) is 0 Å². The Bertz CT molecular complexity index is 361. The fraction of sp³-hybridized carbons (Fsp3) is 0.960. The number of hydrogen-bond acceptors (Lipinski definition) is 5. The Morgan fingerprint density at radius 3 is 1.87 bits per heavy atom. The maximum Gasteiger partial charge on any atom is 0.306 e. The number of aliphatic hydroxyl groups excluding tert-OH is 2. The molecule has 30 heavy (non-hydrogen) atoms. The minimum Gasteiger partial charge on any atom is -0.462 e. The highest BCUT2D eigenvalue weighted by Crippen LogP contribution is 2.15. The van der Waals surface area contributed by atoms with Crippen molar-refractivity contribution in [1.82, 2.24) is 0 Å². The highest BCUT2D eigenvalue weighted by molar-refractivity contribution is 5.69. The van der Waals surface area contributed by atoms with Crippen LogP contribution in [0, 0.1) is 0 Å². The molecule has 0 aliphatic carbocycles. The van der Waals surface area contributed by atoms with Crippen molar-refractivity contribution in [3.05, 3.63) is 0 Å². The molecule has 0 saturated carbocycles. The molecule has 0 aromatic carbocycles. The first-order valence-electron chi connectivity index (χ1n) is 12.7. The van der Waals surface area contributed by atoms with Crippen LogP contribution in [-0.4, -0.2) is 48.2 Å². The summed E-state index contributed by atoms with van der Waals surface area (Å²) in [5.74, 6) is -0.0908. The van der Waals surface area contributed by atoms with Crippen LogP contribution in [0.25, 0.3) is 0 Å². The van der Waals surface area contributed by atoms with Gasteiger partial charge in [-0.15, -0.1) is 0 Å². The Morgan fingerprint density at radius 1 is 0.767 bits per heavy atom. The van der Waals surface area contributed by atoms with Gasteiger partial charge in [0.25, 0.3) is 0 Å². The van der Waals surface area contributed by atoms with Crippen molar-refractivity contribution < 1.29 is 24.5 Å². The molecule has 5 nitrogen and oxygen atoms in total. The van der Waals surface area contributed by atoms with Crippen LogP contribution in [0.3, 0.4) is 0 Å². The molecular formula is C25H50O5. The Labute approximate surface area is 185 Å². The normalized spacial score (nSPS) is 13.3. The van der Waals surface area contributed by atoms with Crippen molar-refractivity contribution in [2.24, 2.45) is 0 Å². The third-order valence-corrected chi connectivity index (χ3v) is 5.52. The van der Waals surface area contributed by atoms with Gasteiger partial charge in [0.1, 0.15) is 12.2 Å². The second-order valence-electron chi connectivity index (χ2n) is 8.59. The van der Waals surface area contributed by atoms with E-state index in [1.807, 2.05) is 0 Å². The van der Waals surface area contributed by atoms with Crippen LogP contribution in [0.4, 0.5) is 0 Å². The van der Waals surface area contributed by atoms with Crippen molar-refractivity contribution in [2.75, 3.05) is 19.8 Å². The highest BCUT2D eigenvalue weighted by atomic mass is 16.5. The first kappa shape index (κ1) is 29.4. The molecule has 2 N–H and O–H groups in total. The van der Waals surface area contributed by atoms with Crippen LogP contribution in [0.1, 0.15) is 123 Å². The first-order valence-corrected chi connectivity index (χ1v) is 12.7. The van der Waals surface area contributed by atoms with Gasteiger partial charge >= 0.3 is 5.97 Å². The second kappa shape index (κ2) is 23.0. The number of aliphatic hydroxyl groups is 2. The number of hydrogen-bond donors (Lipinski definition) is 2. The van der Waals surface area contributed by atoms with E-state index in [1.165, 1.54) is 70.6 Å².